The highest BCUT2D eigenvalue weighted by atomic mass is 16.2. The third-order valence-electron chi connectivity index (χ3n) is 5.00. The Kier molecular flexibility index (Phi) is 3.99. The van der Waals surface area contributed by atoms with Gasteiger partial charge in [-0.25, -0.2) is 4.52 Å². The van der Waals surface area contributed by atoms with Gasteiger partial charge in [-0.05, 0) is 43.4 Å². The Hall–Kier alpha value is -2.70. The van der Waals surface area contributed by atoms with Gasteiger partial charge >= 0.3 is 0 Å². The maximum absolute atomic E-state index is 12.5. The van der Waals surface area contributed by atoms with Gasteiger partial charge in [-0.2, -0.15) is 0 Å². The number of H-pyrrole nitrogens is 1. The van der Waals surface area contributed by atoms with Crippen LogP contribution >= 0.6 is 0 Å². The molecule has 3 aromatic rings. The van der Waals surface area contributed by atoms with E-state index in [1.165, 1.54) is 23.8 Å². The minimum atomic E-state index is -0.356. The topological polar surface area (TPSA) is 92.1 Å². The Morgan fingerprint density at radius 3 is 2.92 bits per heavy atom. The molecule has 4 rings (SSSR count). The van der Waals surface area contributed by atoms with E-state index >= 15 is 0 Å². The summed E-state index contributed by atoms with van der Waals surface area (Å²) in [6, 6.07) is 5.68. The molecule has 25 heavy (non-hydrogen) atoms. The van der Waals surface area contributed by atoms with Crippen LogP contribution in [0.25, 0.3) is 16.6 Å². The molecule has 7 nitrogen and oxygen atoms in total. The summed E-state index contributed by atoms with van der Waals surface area (Å²) in [5.41, 5.74) is 2.35. The van der Waals surface area contributed by atoms with E-state index in [4.69, 9.17) is 0 Å². The van der Waals surface area contributed by atoms with Gasteiger partial charge in [-0.1, -0.05) is 30.5 Å². The van der Waals surface area contributed by atoms with E-state index in [-0.39, 0.29) is 22.7 Å². The van der Waals surface area contributed by atoms with Crippen LogP contribution < -0.4 is 10.9 Å². The fourth-order valence-electron chi connectivity index (χ4n) is 3.64. The summed E-state index contributed by atoms with van der Waals surface area (Å²) in [5, 5.41) is 10.9. The van der Waals surface area contributed by atoms with Crippen LogP contribution in [0.4, 0.5) is 0 Å². The number of carbonyl (C=O) groups is 1. The number of nitrogens with zero attached hydrogens (tertiary/aromatic N) is 3. The summed E-state index contributed by atoms with van der Waals surface area (Å²) in [4.78, 5) is 27.8. The van der Waals surface area contributed by atoms with Crippen LogP contribution in [-0.4, -0.2) is 32.3 Å². The van der Waals surface area contributed by atoms with E-state index in [1.807, 2.05) is 25.1 Å². The standard InChI is InChI=1S/C18H21N5O2/c1-11-7-8-14-13(9-11)20-18(25)16-15(21-22-23(14)16)17(24)19-10-12-5-3-2-4-6-12/h7-9,12H,2-6,10H2,1H3,(H,19,24)(H,20,25). The highest BCUT2D eigenvalue weighted by Crippen LogP contribution is 2.23. The molecule has 0 radical (unpaired) electrons. The van der Waals surface area contributed by atoms with Gasteiger partial charge in [0.1, 0.15) is 0 Å². The molecular formula is C18H21N5O2. The van der Waals surface area contributed by atoms with Crippen LogP contribution in [0.1, 0.15) is 48.2 Å². The lowest BCUT2D eigenvalue weighted by atomic mass is 9.89. The third kappa shape index (κ3) is 2.90. The first-order valence-corrected chi connectivity index (χ1v) is 8.80. The number of amides is 1. The van der Waals surface area contributed by atoms with Gasteiger partial charge in [-0.3, -0.25) is 9.59 Å². The minimum absolute atomic E-state index is 0.0829. The number of rotatable bonds is 3. The maximum atomic E-state index is 12.5. The van der Waals surface area contributed by atoms with E-state index in [0.29, 0.717) is 18.0 Å². The Morgan fingerprint density at radius 1 is 1.32 bits per heavy atom. The molecule has 7 heteroatoms. The molecule has 0 atom stereocenters. The molecule has 2 heterocycles. The van der Waals surface area contributed by atoms with E-state index < -0.39 is 0 Å². The number of hydrogen-bond donors (Lipinski definition) is 2. The van der Waals surface area contributed by atoms with Crippen LogP contribution in [0.2, 0.25) is 0 Å². The third-order valence-corrected chi connectivity index (χ3v) is 5.00. The van der Waals surface area contributed by atoms with Gasteiger partial charge in [0, 0.05) is 6.54 Å². The maximum Gasteiger partial charge on any atom is 0.277 e. The second kappa shape index (κ2) is 6.31. The van der Waals surface area contributed by atoms with E-state index in [2.05, 4.69) is 20.6 Å². The summed E-state index contributed by atoms with van der Waals surface area (Å²) in [5.74, 6) is 0.180. The molecule has 1 aliphatic rings. The average molecular weight is 339 g/mol. The second-order valence-corrected chi connectivity index (χ2v) is 6.89. The normalized spacial score (nSPS) is 15.7. The van der Waals surface area contributed by atoms with Crippen LogP contribution in [0.3, 0.4) is 0 Å². The van der Waals surface area contributed by atoms with Crippen molar-refractivity contribution in [2.24, 2.45) is 5.92 Å². The molecule has 0 bridgehead atoms. The summed E-state index contributed by atoms with van der Waals surface area (Å²) >= 11 is 0. The largest absolute Gasteiger partial charge is 0.350 e. The van der Waals surface area contributed by atoms with Crippen molar-refractivity contribution in [1.29, 1.82) is 0 Å². The molecule has 2 aromatic heterocycles. The first kappa shape index (κ1) is 15.8. The van der Waals surface area contributed by atoms with E-state index in [0.717, 1.165) is 23.9 Å². The second-order valence-electron chi connectivity index (χ2n) is 6.89. The van der Waals surface area contributed by atoms with Crippen molar-refractivity contribution in [2.45, 2.75) is 39.0 Å². The molecular weight excluding hydrogens is 318 g/mol. The number of aromatic amines is 1. The lowest BCUT2D eigenvalue weighted by molar-refractivity contribution is 0.0940. The van der Waals surface area contributed by atoms with Gasteiger partial charge in [-0.15, -0.1) is 5.10 Å². The summed E-state index contributed by atoms with van der Waals surface area (Å²) in [7, 11) is 0. The zero-order chi connectivity index (χ0) is 17.4. The fraction of sp³-hybridized carbons (Fsp3) is 0.444. The van der Waals surface area contributed by atoms with Crippen LogP contribution in [-0.2, 0) is 0 Å². The zero-order valence-corrected chi connectivity index (χ0v) is 14.2. The van der Waals surface area contributed by atoms with Crippen molar-refractivity contribution in [3.05, 3.63) is 39.8 Å². The molecule has 1 amide bonds. The SMILES string of the molecule is Cc1ccc2c(c1)[nH]c(=O)c1c(C(=O)NCC3CCCCC3)nnn12. The molecule has 0 spiro atoms. The van der Waals surface area contributed by atoms with Crippen molar-refractivity contribution in [2.75, 3.05) is 6.54 Å². The molecule has 1 saturated carbocycles. The predicted octanol–water partition coefficient (Wildman–Crippen LogP) is 2.19. The number of carbonyl (C=O) groups excluding carboxylic acids is 1. The Morgan fingerprint density at radius 2 is 2.12 bits per heavy atom. The monoisotopic (exact) mass is 339 g/mol. The number of nitrogens with one attached hydrogen (secondary N) is 2. The van der Waals surface area contributed by atoms with E-state index in [1.54, 1.807) is 0 Å². The molecule has 1 fully saturated rings. The average Bonchev–Trinajstić information content (AvgIpc) is 3.06. The molecule has 0 saturated heterocycles. The van der Waals surface area contributed by atoms with Gasteiger partial charge < -0.3 is 10.3 Å². The fourth-order valence-corrected chi connectivity index (χ4v) is 3.64. The zero-order valence-electron chi connectivity index (χ0n) is 14.2. The minimum Gasteiger partial charge on any atom is -0.350 e. The first-order chi connectivity index (χ1) is 12.1. The highest BCUT2D eigenvalue weighted by molar-refractivity contribution is 5.99. The quantitative estimate of drug-likeness (QED) is 0.765. The van der Waals surface area contributed by atoms with Crippen molar-refractivity contribution >= 4 is 22.5 Å². The van der Waals surface area contributed by atoms with Crippen LogP contribution in [0.5, 0.6) is 0 Å². The Bertz CT molecular complexity index is 998. The molecule has 1 aliphatic carbocycles. The Labute approximate surface area is 144 Å². The molecule has 1 aromatic carbocycles. The van der Waals surface area contributed by atoms with Crippen molar-refractivity contribution in [1.82, 2.24) is 25.1 Å². The van der Waals surface area contributed by atoms with Crippen LogP contribution in [0.15, 0.2) is 23.0 Å². The highest BCUT2D eigenvalue weighted by Gasteiger charge is 2.21. The molecule has 2 N–H and O–H groups in total. The van der Waals surface area contributed by atoms with Crippen molar-refractivity contribution < 1.29 is 4.79 Å². The summed E-state index contributed by atoms with van der Waals surface area (Å²) in [6.45, 7) is 2.58. The first-order valence-electron chi connectivity index (χ1n) is 8.80. The van der Waals surface area contributed by atoms with Crippen molar-refractivity contribution in [3.8, 4) is 0 Å². The number of fused-ring (bicyclic) bond motifs is 3. The number of benzene rings is 1. The number of hydrogen-bond acceptors (Lipinski definition) is 4. The summed E-state index contributed by atoms with van der Waals surface area (Å²) in [6.07, 6.45) is 6.02. The van der Waals surface area contributed by atoms with Gasteiger partial charge in [0.15, 0.2) is 11.2 Å². The van der Waals surface area contributed by atoms with Crippen LogP contribution in [0, 0.1) is 12.8 Å². The lowest BCUT2D eigenvalue weighted by Gasteiger charge is -2.21. The summed E-state index contributed by atoms with van der Waals surface area (Å²) < 4.78 is 1.45. The molecule has 0 aliphatic heterocycles. The van der Waals surface area contributed by atoms with Crippen molar-refractivity contribution in [3.63, 3.8) is 0 Å². The van der Waals surface area contributed by atoms with Gasteiger partial charge in [0.2, 0.25) is 0 Å². The molecule has 0 unspecified atom stereocenters. The number of aryl methyl sites for hydroxylation is 1. The smallest absolute Gasteiger partial charge is 0.277 e. The number of aromatic nitrogens is 4. The van der Waals surface area contributed by atoms with Gasteiger partial charge in [0.05, 0.1) is 11.0 Å². The Balaban J connectivity index is 1.67. The molecule has 130 valence electrons. The van der Waals surface area contributed by atoms with E-state index in [9.17, 15) is 9.59 Å². The lowest BCUT2D eigenvalue weighted by Crippen LogP contribution is -2.31. The predicted molar refractivity (Wildman–Crippen MR) is 94.8 cm³/mol. The van der Waals surface area contributed by atoms with Gasteiger partial charge in [0.25, 0.3) is 11.5 Å².